The Morgan fingerprint density at radius 3 is 2.53 bits per heavy atom. The fourth-order valence-corrected chi connectivity index (χ4v) is 10.4. The van der Waals surface area contributed by atoms with Crippen LogP contribution in [0.2, 0.25) is 0 Å². The highest BCUT2D eigenvalue weighted by Gasteiger charge is 2.83. The first-order valence-electron chi connectivity index (χ1n) is 13.9. The Labute approximate surface area is 205 Å². The van der Waals surface area contributed by atoms with E-state index in [0.29, 0.717) is 11.8 Å². The van der Waals surface area contributed by atoms with Crippen molar-refractivity contribution in [2.75, 3.05) is 20.1 Å². The number of phenols is 1. The lowest BCUT2D eigenvalue weighted by molar-refractivity contribution is -0.952. The van der Waals surface area contributed by atoms with Gasteiger partial charge in [0.15, 0.2) is 11.5 Å². The van der Waals surface area contributed by atoms with E-state index in [-0.39, 0.29) is 33.7 Å². The van der Waals surface area contributed by atoms with Crippen LogP contribution in [0.15, 0.2) is 12.1 Å². The number of likely N-dealkylation sites (tertiary alicyclic amines) is 1. The van der Waals surface area contributed by atoms with Crippen LogP contribution in [0, 0.1) is 28.1 Å². The number of fused-ring (bicyclic) bond motifs is 2. The van der Waals surface area contributed by atoms with Gasteiger partial charge in [0.05, 0.1) is 37.2 Å². The standard InChI is InChI=1S/C30H43NO3/c1-26(2,3)28(5,33)21-16-29-12-11-27(21,4)25-30(29)13-14-31(6,17-18-7-8-18)22(29)15-19-9-10-20(32)24(34-25)23(19)30/h9-10,18,21-22,25,33H,7-8,11-17H2,1-6H3/p+1/t21?,22?,25-,27+,28-,29+,30-,31+/m1/s1. The maximum absolute atomic E-state index is 12.2. The Bertz CT molecular complexity index is 1090. The number of hydrogen-bond donors (Lipinski definition) is 2. The molecule has 8 rings (SSSR count). The van der Waals surface area contributed by atoms with E-state index >= 15 is 0 Å². The summed E-state index contributed by atoms with van der Waals surface area (Å²) in [6.45, 7) is 13.7. The van der Waals surface area contributed by atoms with Crippen LogP contribution in [0.4, 0.5) is 0 Å². The highest BCUT2D eigenvalue weighted by molar-refractivity contribution is 5.62. The molecule has 2 unspecified atom stereocenters. The van der Waals surface area contributed by atoms with E-state index in [1.165, 1.54) is 48.0 Å². The largest absolute Gasteiger partial charge is 0.504 e. The minimum atomic E-state index is -0.786. The van der Waals surface area contributed by atoms with Crippen LogP contribution in [0.1, 0.15) is 84.3 Å². The second-order valence-electron chi connectivity index (χ2n) is 15.0. The molecular formula is C30H44NO3+. The number of aromatic hydroxyl groups is 1. The van der Waals surface area contributed by atoms with Crippen LogP contribution in [0.3, 0.4) is 0 Å². The first kappa shape index (κ1) is 22.0. The molecule has 4 bridgehead atoms. The predicted octanol–water partition coefficient (Wildman–Crippen LogP) is 5.18. The van der Waals surface area contributed by atoms with Gasteiger partial charge in [-0.15, -0.1) is 0 Å². The van der Waals surface area contributed by atoms with Crippen LogP contribution in [0.25, 0.3) is 0 Å². The van der Waals surface area contributed by atoms with E-state index < -0.39 is 5.60 Å². The second-order valence-corrected chi connectivity index (χ2v) is 15.0. The number of benzene rings is 1. The molecule has 0 aromatic heterocycles. The summed E-state index contributed by atoms with van der Waals surface area (Å²) in [5.74, 6) is 2.18. The maximum Gasteiger partial charge on any atom is 0.165 e. The van der Waals surface area contributed by atoms with Gasteiger partial charge in [-0.3, -0.25) is 0 Å². The van der Waals surface area contributed by atoms with Crippen molar-refractivity contribution in [1.82, 2.24) is 0 Å². The molecule has 5 aliphatic carbocycles. The van der Waals surface area contributed by atoms with Gasteiger partial charge in [-0.2, -0.15) is 0 Å². The van der Waals surface area contributed by atoms with E-state index in [1.54, 1.807) is 0 Å². The number of hydrogen-bond acceptors (Lipinski definition) is 3. The molecule has 5 fully saturated rings. The minimum absolute atomic E-state index is 0.0158. The van der Waals surface area contributed by atoms with Gasteiger partial charge in [0.25, 0.3) is 0 Å². The molecular weight excluding hydrogens is 422 g/mol. The summed E-state index contributed by atoms with van der Waals surface area (Å²) in [5, 5.41) is 23.2. The summed E-state index contributed by atoms with van der Waals surface area (Å²) in [7, 11) is 2.56. The van der Waals surface area contributed by atoms with Gasteiger partial charge in [0.2, 0.25) is 0 Å². The van der Waals surface area contributed by atoms with E-state index in [1.807, 2.05) is 6.07 Å². The molecule has 2 heterocycles. The normalized spacial score (nSPS) is 47.7. The first-order valence-corrected chi connectivity index (χ1v) is 13.9. The number of piperidine rings is 1. The molecule has 4 saturated carbocycles. The Balaban J connectivity index is 1.48. The van der Waals surface area contributed by atoms with Gasteiger partial charge in [-0.05, 0) is 62.0 Å². The molecule has 0 amide bonds. The summed E-state index contributed by atoms with van der Waals surface area (Å²) in [6, 6.07) is 4.66. The molecule has 4 nitrogen and oxygen atoms in total. The van der Waals surface area contributed by atoms with E-state index in [4.69, 9.17) is 4.74 Å². The fraction of sp³-hybridized carbons (Fsp3) is 0.800. The molecule has 7 aliphatic rings. The summed E-state index contributed by atoms with van der Waals surface area (Å²) < 4.78 is 8.16. The molecule has 34 heavy (non-hydrogen) atoms. The topological polar surface area (TPSA) is 49.7 Å². The predicted molar refractivity (Wildman–Crippen MR) is 133 cm³/mol. The third-order valence-electron chi connectivity index (χ3n) is 12.7. The highest BCUT2D eigenvalue weighted by Crippen LogP contribution is 2.80. The highest BCUT2D eigenvalue weighted by atomic mass is 16.5. The van der Waals surface area contributed by atoms with Crippen LogP contribution >= 0.6 is 0 Å². The maximum atomic E-state index is 12.2. The number of nitrogens with zero attached hydrogens (tertiary/aromatic N) is 1. The first-order chi connectivity index (χ1) is 15.8. The van der Waals surface area contributed by atoms with E-state index in [2.05, 4.69) is 47.7 Å². The molecule has 0 radical (unpaired) electrons. The fourth-order valence-electron chi connectivity index (χ4n) is 10.4. The number of rotatable bonds is 3. The third-order valence-corrected chi connectivity index (χ3v) is 12.7. The average molecular weight is 467 g/mol. The summed E-state index contributed by atoms with van der Waals surface area (Å²) in [6.07, 6.45) is 8.52. The summed E-state index contributed by atoms with van der Waals surface area (Å²) in [5.41, 5.74) is 1.80. The van der Waals surface area contributed by atoms with Crippen molar-refractivity contribution in [3.05, 3.63) is 23.3 Å². The Morgan fingerprint density at radius 1 is 1.12 bits per heavy atom. The number of aliphatic hydroxyl groups is 1. The molecule has 1 aromatic carbocycles. The van der Waals surface area contributed by atoms with E-state index in [9.17, 15) is 10.2 Å². The molecule has 1 saturated heterocycles. The molecule has 1 aromatic rings. The van der Waals surface area contributed by atoms with E-state index in [0.717, 1.165) is 37.4 Å². The molecule has 2 aliphatic heterocycles. The second kappa shape index (κ2) is 5.99. The van der Waals surface area contributed by atoms with Crippen molar-refractivity contribution >= 4 is 0 Å². The number of phenolic OH excluding ortho intramolecular Hbond substituents is 1. The van der Waals surface area contributed by atoms with Crippen molar-refractivity contribution < 1.29 is 19.4 Å². The molecule has 2 spiro atoms. The van der Waals surface area contributed by atoms with Gasteiger partial charge < -0.3 is 19.4 Å². The van der Waals surface area contributed by atoms with Crippen molar-refractivity contribution in [3.63, 3.8) is 0 Å². The van der Waals surface area contributed by atoms with Crippen LogP contribution in [0.5, 0.6) is 11.5 Å². The summed E-state index contributed by atoms with van der Waals surface area (Å²) in [4.78, 5) is 0. The summed E-state index contributed by atoms with van der Waals surface area (Å²) >= 11 is 0. The number of quaternary nitrogens is 1. The monoisotopic (exact) mass is 466 g/mol. The zero-order valence-corrected chi connectivity index (χ0v) is 22.1. The van der Waals surface area contributed by atoms with Gasteiger partial charge in [0.1, 0.15) is 6.10 Å². The Kier molecular flexibility index (Phi) is 3.87. The lowest BCUT2D eigenvalue weighted by Gasteiger charge is -2.76. The van der Waals surface area contributed by atoms with Crippen LogP contribution in [-0.2, 0) is 11.8 Å². The van der Waals surface area contributed by atoms with Gasteiger partial charge >= 0.3 is 0 Å². The number of likely N-dealkylation sites (N-methyl/N-ethyl adjacent to an activating group) is 1. The molecule has 2 N–H and O–H groups in total. The average Bonchev–Trinajstić information content (AvgIpc) is 3.47. The molecule has 4 heteroatoms. The van der Waals surface area contributed by atoms with Gasteiger partial charge in [0, 0.05) is 35.2 Å². The SMILES string of the molecule is CC(C)(C)[C@](C)(O)C1C[C@]23CC[C@]1(C)[C@H]1Oc4c(O)ccc5c4[C@]12CC[N@@+](C)(CC1CC1)C3C5. The van der Waals surface area contributed by atoms with Crippen molar-refractivity contribution in [2.45, 2.75) is 103 Å². The van der Waals surface area contributed by atoms with Crippen molar-refractivity contribution in [2.24, 2.45) is 28.1 Å². The Hall–Kier alpha value is -1.26. The lowest BCUT2D eigenvalue weighted by atomic mass is 9.31. The zero-order valence-electron chi connectivity index (χ0n) is 22.1. The quantitative estimate of drug-likeness (QED) is 0.604. The third kappa shape index (κ3) is 2.22. The minimum Gasteiger partial charge on any atom is -0.504 e. The van der Waals surface area contributed by atoms with Gasteiger partial charge in [-0.25, -0.2) is 0 Å². The van der Waals surface area contributed by atoms with Gasteiger partial charge in [-0.1, -0.05) is 33.8 Å². The smallest absolute Gasteiger partial charge is 0.165 e. The number of ether oxygens (including phenoxy) is 1. The lowest BCUT2D eigenvalue weighted by Crippen LogP contribution is -2.82. The van der Waals surface area contributed by atoms with Crippen LogP contribution < -0.4 is 4.74 Å². The zero-order chi connectivity index (χ0) is 24.1. The Morgan fingerprint density at radius 2 is 1.85 bits per heavy atom. The van der Waals surface area contributed by atoms with Crippen molar-refractivity contribution in [3.8, 4) is 11.5 Å². The van der Waals surface area contributed by atoms with Crippen molar-refractivity contribution in [1.29, 1.82) is 0 Å². The van der Waals surface area contributed by atoms with Crippen LogP contribution in [-0.4, -0.2) is 52.6 Å². The molecule has 186 valence electrons. The molecule has 8 atom stereocenters.